The van der Waals surface area contributed by atoms with Crippen molar-refractivity contribution in [2.24, 2.45) is 0 Å². The highest BCUT2D eigenvalue weighted by Gasteiger charge is 2.23. The van der Waals surface area contributed by atoms with E-state index in [9.17, 15) is 0 Å². The Morgan fingerprint density at radius 1 is 0.404 bits per heavy atom. The summed E-state index contributed by atoms with van der Waals surface area (Å²) in [7, 11) is 0. The van der Waals surface area contributed by atoms with Gasteiger partial charge in [-0.1, -0.05) is 140 Å². The summed E-state index contributed by atoms with van der Waals surface area (Å²) >= 11 is 1.83. The normalized spacial score (nSPS) is 11.8. The first-order valence-corrected chi connectivity index (χ1v) is 18.4. The summed E-state index contributed by atoms with van der Waals surface area (Å²) in [6.45, 7) is 0. The lowest BCUT2D eigenvalue weighted by Gasteiger charge is -2.17. The highest BCUT2D eigenvalue weighted by molar-refractivity contribution is 7.26. The number of hydrogen-bond acceptors (Lipinski definition) is 3. The van der Waals surface area contributed by atoms with Gasteiger partial charge in [-0.25, -0.2) is 9.97 Å². The maximum absolute atomic E-state index is 5.66. The molecule has 0 aliphatic carbocycles. The number of para-hydroxylation sites is 1. The van der Waals surface area contributed by atoms with E-state index < -0.39 is 0 Å². The van der Waals surface area contributed by atoms with E-state index in [-0.39, 0.29) is 0 Å². The van der Waals surface area contributed by atoms with Gasteiger partial charge in [-0.2, -0.15) is 0 Å². The second-order valence-electron chi connectivity index (χ2n) is 13.4. The fourth-order valence-corrected chi connectivity index (χ4v) is 9.18. The van der Waals surface area contributed by atoms with Gasteiger partial charge in [-0.15, -0.1) is 11.3 Å². The Morgan fingerprint density at radius 3 is 1.75 bits per heavy atom. The molecule has 3 nitrogen and oxygen atoms in total. The number of hydrogen-bond donors (Lipinski definition) is 0. The zero-order chi connectivity index (χ0) is 34.2. The Labute approximate surface area is 303 Å². The van der Waals surface area contributed by atoms with Crippen molar-refractivity contribution >= 4 is 75.1 Å². The van der Waals surface area contributed by atoms with Gasteiger partial charge in [0.1, 0.15) is 5.69 Å². The van der Waals surface area contributed by atoms with Crippen LogP contribution in [0.5, 0.6) is 0 Å². The molecule has 242 valence electrons. The molecular weight excluding hydrogens is 651 g/mol. The smallest absolute Gasteiger partial charge is 0.165 e. The van der Waals surface area contributed by atoms with Gasteiger partial charge in [-0.3, -0.25) is 4.57 Å². The molecule has 11 aromatic rings. The van der Waals surface area contributed by atoms with Crippen molar-refractivity contribution in [3.8, 4) is 39.3 Å². The predicted octanol–water partition coefficient (Wildman–Crippen LogP) is 13.2. The average Bonchev–Trinajstić information content (AvgIpc) is 3.75. The molecule has 52 heavy (non-hydrogen) atoms. The monoisotopic (exact) mass is 679 g/mol. The fraction of sp³-hybridized carbons (Fsp3) is 0. The van der Waals surface area contributed by atoms with E-state index in [1.54, 1.807) is 0 Å². The number of nitrogens with zero attached hydrogens (tertiary/aromatic N) is 3. The van der Waals surface area contributed by atoms with Crippen molar-refractivity contribution < 1.29 is 0 Å². The van der Waals surface area contributed by atoms with Crippen LogP contribution in [0.1, 0.15) is 0 Å². The molecule has 0 saturated heterocycles. The molecule has 0 aliphatic heterocycles. The van der Waals surface area contributed by atoms with E-state index in [1.807, 2.05) is 11.3 Å². The molecule has 0 fully saturated rings. The number of fused-ring (bicyclic) bond motifs is 8. The topological polar surface area (TPSA) is 30.7 Å². The third kappa shape index (κ3) is 4.45. The maximum atomic E-state index is 5.66. The molecule has 11 rings (SSSR count). The van der Waals surface area contributed by atoms with Gasteiger partial charge in [0, 0.05) is 36.5 Å². The molecule has 0 spiro atoms. The van der Waals surface area contributed by atoms with Crippen LogP contribution in [0.15, 0.2) is 176 Å². The lowest BCUT2D eigenvalue weighted by molar-refractivity contribution is 1.08. The van der Waals surface area contributed by atoms with E-state index in [1.165, 1.54) is 41.7 Å². The molecule has 0 unspecified atom stereocenters. The first-order chi connectivity index (χ1) is 25.8. The van der Waals surface area contributed by atoms with E-state index in [0.29, 0.717) is 0 Å². The first kappa shape index (κ1) is 29.1. The van der Waals surface area contributed by atoms with Crippen LogP contribution >= 0.6 is 11.3 Å². The summed E-state index contributed by atoms with van der Waals surface area (Å²) in [5.41, 5.74) is 10.5. The van der Waals surface area contributed by atoms with Crippen LogP contribution in [0.3, 0.4) is 0 Å². The highest BCUT2D eigenvalue weighted by Crippen LogP contribution is 2.44. The van der Waals surface area contributed by atoms with Gasteiger partial charge in [0.05, 0.1) is 22.1 Å². The number of rotatable bonds is 4. The summed E-state index contributed by atoms with van der Waals surface area (Å²) in [5, 5.41) is 7.32. The van der Waals surface area contributed by atoms with Crippen molar-refractivity contribution in [3.05, 3.63) is 176 Å². The van der Waals surface area contributed by atoms with Crippen molar-refractivity contribution in [2.75, 3.05) is 0 Å². The number of aromatic nitrogens is 3. The van der Waals surface area contributed by atoms with Crippen LogP contribution in [0.2, 0.25) is 0 Å². The molecular formula is C48H29N3S. The number of thiophene rings is 1. The number of benzene rings is 8. The summed E-state index contributed by atoms with van der Waals surface area (Å²) in [6.07, 6.45) is 0. The fourth-order valence-electron chi connectivity index (χ4n) is 7.96. The lowest BCUT2D eigenvalue weighted by atomic mass is 9.93. The summed E-state index contributed by atoms with van der Waals surface area (Å²) in [5.74, 6) is 0.824. The molecule has 3 aromatic heterocycles. The third-order valence-corrected chi connectivity index (χ3v) is 11.6. The summed E-state index contributed by atoms with van der Waals surface area (Å²) in [4.78, 5) is 11.3. The van der Waals surface area contributed by atoms with Gasteiger partial charge in [-0.05, 0) is 69.4 Å². The second kappa shape index (κ2) is 11.5. The Kier molecular flexibility index (Phi) is 6.42. The van der Waals surface area contributed by atoms with Gasteiger partial charge >= 0.3 is 0 Å². The Morgan fingerprint density at radius 2 is 1.00 bits per heavy atom. The molecule has 3 heterocycles. The molecule has 0 bridgehead atoms. The largest absolute Gasteiger partial charge is 0.292 e. The van der Waals surface area contributed by atoms with Crippen molar-refractivity contribution in [3.63, 3.8) is 0 Å². The van der Waals surface area contributed by atoms with E-state index in [4.69, 9.17) is 9.97 Å². The highest BCUT2D eigenvalue weighted by atomic mass is 32.1. The molecule has 0 amide bonds. The second-order valence-corrected chi connectivity index (χ2v) is 14.4. The SMILES string of the molecule is c1ccc(-c2cc3nc(-c4cccc5c4sc4ccccc45)c(-n4c5ccccc5c5cc6ccccc6cc54)nc3cc2-c2ccccc2)cc1. The molecule has 0 saturated carbocycles. The van der Waals surface area contributed by atoms with Gasteiger partial charge in [0.25, 0.3) is 0 Å². The molecule has 0 N–H and O–H groups in total. The minimum absolute atomic E-state index is 0.824. The quantitative estimate of drug-likeness (QED) is 0.185. The summed E-state index contributed by atoms with van der Waals surface area (Å²) in [6, 6.07) is 62.9. The van der Waals surface area contributed by atoms with Crippen LogP contribution in [0.4, 0.5) is 0 Å². The van der Waals surface area contributed by atoms with Crippen molar-refractivity contribution in [2.45, 2.75) is 0 Å². The van der Waals surface area contributed by atoms with Crippen LogP contribution in [0.25, 0.3) is 103 Å². The Balaban J connectivity index is 1.30. The standard InChI is InChI=1S/C48H29N3S/c1-3-14-30(15-4-1)38-28-41-42(29-39(38)31-16-5-2-6-17-31)50-48(46(49-41)37-23-13-22-36-35-21-10-12-25-45(35)52-47(36)37)51-43-24-11-9-20-34(43)40-26-32-18-7-8-19-33(32)27-44(40)51/h1-29H. The zero-order valence-corrected chi connectivity index (χ0v) is 28.8. The Hall–Kier alpha value is -6.62. The van der Waals surface area contributed by atoms with E-state index in [0.717, 1.165) is 61.4 Å². The first-order valence-electron chi connectivity index (χ1n) is 17.6. The van der Waals surface area contributed by atoms with Gasteiger partial charge < -0.3 is 0 Å². The van der Waals surface area contributed by atoms with Crippen LogP contribution in [-0.4, -0.2) is 14.5 Å². The average molecular weight is 680 g/mol. The van der Waals surface area contributed by atoms with Crippen molar-refractivity contribution in [1.29, 1.82) is 0 Å². The van der Waals surface area contributed by atoms with Crippen molar-refractivity contribution in [1.82, 2.24) is 14.5 Å². The van der Waals surface area contributed by atoms with E-state index >= 15 is 0 Å². The van der Waals surface area contributed by atoms with Crippen LogP contribution in [0, 0.1) is 0 Å². The van der Waals surface area contributed by atoms with E-state index in [2.05, 4.69) is 180 Å². The Bertz CT molecular complexity index is 3180. The third-order valence-electron chi connectivity index (χ3n) is 10.4. The zero-order valence-electron chi connectivity index (χ0n) is 28.0. The van der Waals surface area contributed by atoms with Gasteiger partial charge in [0.2, 0.25) is 0 Å². The molecule has 8 aromatic carbocycles. The molecule has 0 atom stereocenters. The predicted molar refractivity (Wildman–Crippen MR) is 221 cm³/mol. The minimum atomic E-state index is 0.824. The molecule has 4 heteroatoms. The van der Waals surface area contributed by atoms with Crippen LogP contribution < -0.4 is 0 Å². The summed E-state index contributed by atoms with van der Waals surface area (Å²) < 4.78 is 4.83. The lowest BCUT2D eigenvalue weighted by Crippen LogP contribution is -2.04. The molecule has 0 radical (unpaired) electrons. The molecule has 0 aliphatic rings. The minimum Gasteiger partial charge on any atom is -0.292 e. The van der Waals surface area contributed by atoms with Crippen LogP contribution in [-0.2, 0) is 0 Å². The van der Waals surface area contributed by atoms with Gasteiger partial charge in [0.15, 0.2) is 5.82 Å². The maximum Gasteiger partial charge on any atom is 0.165 e.